The normalized spacial score (nSPS) is 11.0. The summed E-state index contributed by atoms with van der Waals surface area (Å²) in [5.74, 6) is 0.343. The first kappa shape index (κ1) is 18.8. The molecule has 0 spiro atoms. The molecule has 0 aliphatic carbocycles. The molecule has 1 amide bonds. The summed E-state index contributed by atoms with van der Waals surface area (Å²) in [6.45, 7) is 0.790. The van der Waals surface area contributed by atoms with Gasteiger partial charge in [-0.3, -0.25) is 9.52 Å². The second-order valence-corrected chi connectivity index (χ2v) is 6.79. The zero-order valence-corrected chi connectivity index (χ0v) is 14.8. The molecule has 8 heteroatoms. The van der Waals surface area contributed by atoms with Gasteiger partial charge in [0.05, 0.1) is 18.6 Å². The molecule has 2 N–H and O–H groups in total. The van der Waals surface area contributed by atoms with Gasteiger partial charge in [0, 0.05) is 24.9 Å². The lowest BCUT2D eigenvalue weighted by Crippen LogP contribution is -2.26. The molecular formula is C17H20N2O5S. The summed E-state index contributed by atoms with van der Waals surface area (Å²) in [6.07, 6.45) is 0. The van der Waals surface area contributed by atoms with E-state index < -0.39 is 10.0 Å². The molecule has 25 heavy (non-hydrogen) atoms. The predicted molar refractivity (Wildman–Crippen MR) is 94.5 cm³/mol. The van der Waals surface area contributed by atoms with Crippen LogP contribution in [0.5, 0.6) is 5.75 Å². The highest BCUT2D eigenvalue weighted by atomic mass is 32.2. The van der Waals surface area contributed by atoms with E-state index in [1.165, 1.54) is 31.4 Å². The first-order valence-electron chi connectivity index (χ1n) is 7.50. The highest BCUT2D eigenvalue weighted by Crippen LogP contribution is 2.19. The second-order valence-electron chi connectivity index (χ2n) is 5.11. The lowest BCUT2D eigenvalue weighted by Gasteiger charge is -2.09. The molecule has 0 radical (unpaired) electrons. The van der Waals surface area contributed by atoms with Crippen LogP contribution in [0, 0.1) is 0 Å². The van der Waals surface area contributed by atoms with Crippen molar-refractivity contribution >= 4 is 21.6 Å². The Morgan fingerprint density at radius 2 is 1.64 bits per heavy atom. The van der Waals surface area contributed by atoms with E-state index in [-0.39, 0.29) is 10.8 Å². The van der Waals surface area contributed by atoms with Crippen molar-refractivity contribution in [2.75, 3.05) is 32.1 Å². The maximum atomic E-state index is 12.4. The number of sulfonamides is 1. The number of carbonyl (C=O) groups excluding carboxylic acids is 1. The zero-order valence-electron chi connectivity index (χ0n) is 14.0. The molecule has 0 atom stereocenters. The van der Waals surface area contributed by atoms with E-state index in [1.807, 2.05) is 0 Å². The van der Waals surface area contributed by atoms with Gasteiger partial charge in [0.2, 0.25) is 0 Å². The number of hydrogen-bond acceptors (Lipinski definition) is 5. The number of carbonyl (C=O) groups is 1. The van der Waals surface area contributed by atoms with Crippen molar-refractivity contribution in [1.82, 2.24) is 5.32 Å². The predicted octanol–water partition coefficient (Wildman–Crippen LogP) is 1.87. The minimum absolute atomic E-state index is 0.0664. The van der Waals surface area contributed by atoms with Crippen molar-refractivity contribution in [3.63, 3.8) is 0 Å². The van der Waals surface area contributed by atoms with Crippen molar-refractivity contribution in [1.29, 1.82) is 0 Å². The number of ether oxygens (including phenoxy) is 2. The number of methoxy groups -OCH3 is 2. The van der Waals surface area contributed by atoms with Crippen LogP contribution in [0.4, 0.5) is 5.69 Å². The minimum atomic E-state index is -3.74. The lowest BCUT2D eigenvalue weighted by molar-refractivity contribution is 0.0937. The third-order valence-corrected chi connectivity index (χ3v) is 4.76. The first-order chi connectivity index (χ1) is 12.0. The van der Waals surface area contributed by atoms with Crippen LogP contribution < -0.4 is 14.8 Å². The molecule has 0 saturated heterocycles. The van der Waals surface area contributed by atoms with Gasteiger partial charge in [-0.1, -0.05) is 0 Å². The first-order valence-corrected chi connectivity index (χ1v) is 8.98. The Kier molecular flexibility index (Phi) is 6.37. The summed E-state index contributed by atoms with van der Waals surface area (Å²) in [6, 6.07) is 12.2. The van der Waals surface area contributed by atoms with Crippen LogP contribution in [0.2, 0.25) is 0 Å². The average Bonchev–Trinajstić information content (AvgIpc) is 2.62. The van der Waals surface area contributed by atoms with Gasteiger partial charge in [0.1, 0.15) is 5.75 Å². The summed E-state index contributed by atoms with van der Waals surface area (Å²) < 4.78 is 37.1. The van der Waals surface area contributed by atoms with Crippen LogP contribution in [0.3, 0.4) is 0 Å². The van der Waals surface area contributed by atoms with Gasteiger partial charge in [-0.15, -0.1) is 0 Å². The van der Waals surface area contributed by atoms with Crippen LogP contribution in [0.1, 0.15) is 10.4 Å². The maximum Gasteiger partial charge on any atom is 0.261 e. The van der Waals surface area contributed by atoms with E-state index in [9.17, 15) is 13.2 Å². The Labute approximate surface area is 147 Å². The molecule has 0 saturated carbocycles. The Bertz CT molecular complexity index is 802. The van der Waals surface area contributed by atoms with Crippen LogP contribution in [-0.2, 0) is 14.8 Å². The van der Waals surface area contributed by atoms with Crippen molar-refractivity contribution in [2.45, 2.75) is 4.90 Å². The topological polar surface area (TPSA) is 93.7 Å². The van der Waals surface area contributed by atoms with Crippen LogP contribution >= 0.6 is 0 Å². The smallest absolute Gasteiger partial charge is 0.261 e. The molecule has 7 nitrogen and oxygen atoms in total. The fourth-order valence-electron chi connectivity index (χ4n) is 2.03. The molecule has 0 heterocycles. The third kappa shape index (κ3) is 5.20. The van der Waals surface area contributed by atoms with E-state index >= 15 is 0 Å². The summed E-state index contributed by atoms with van der Waals surface area (Å²) in [5.41, 5.74) is 0.793. The van der Waals surface area contributed by atoms with Gasteiger partial charge in [-0.05, 0) is 48.5 Å². The summed E-state index contributed by atoms with van der Waals surface area (Å²) in [5, 5.41) is 2.67. The van der Waals surface area contributed by atoms with Gasteiger partial charge in [0.25, 0.3) is 15.9 Å². The maximum absolute atomic E-state index is 12.4. The van der Waals surface area contributed by atoms with Crippen molar-refractivity contribution in [2.24, 2.45) is 0 Å². The zero-order chi connectivity index (χ0) is 18.3. The van der Waals surface area contributed by atoms with Crippen LogP contribution in [0.25, 0.3) is 0 Å². The van der Waals surface area contributed by atoms with Gasteiger partial charge in [-0.25, -0.2) is 8.42 Å². The molecule has 0 unspecified atom stereocenters. The molecule has 2 aromatic carbocycles. The number of amides is 1. The summed E-state index contributed by atoms with van der Waals surface area (Å²) in [7, 11) is -0.662. The second kappa shape index (κ2) is 8.50. The third-order valence-electron chi connectivity index (χ3n) is 3.36. The standard InChI is InChI=1S/C17H20N2O5S/c1-23-12-11-18-17(20)13-3-9-16(10-4-13)25(21,22)19-14-5-7-15(24-2)8-6-14/h3-10,19H,11-12H2,1-2H3,(H,18,20). The molecule has 0 fully saturated rings. The van der Waals surface area contributed by atoms with Gasteiger partial charge < -0.3 is 14.8 Å². The minimum Gasteiger partial charge on any atom is -0.497 e. The van der Waals surface area contributed by atoms with Gasteiger partial charge in [-0.2, -0.15) is 0 Å². The Hall–Kier alpha value is -2.58. The van der Waals surface area contributed by atoms with Crippen molar-refractivity contribution < 1.29 is 22.7 Å². The van der Waals surface area contributed by atoms with Gasteiger partial charge >= 0.3 is 0 Å². The van der Waals surface area contributed by atoms with Gasteiger partial charge in [0.15, 0.2) is 0 Å². The monoisotopic (exact) mass is 364 g/mol. The highest BCUT2D eigenvalue weighted by Gasteiger charge is 2.15. The largest absolute Gasteiger partial charge is 0.497 e. The lowest BCUT2D eigenvalue weighted by atomic mass is 10.2. The number of hydrogen-bond donors (Lipinski definition) is 2. The molecule has 2 rings (SSSR count). The quantitative estimate of drug-likeness (QED) is 0.698. The van der Waals surface area contributed by atoms with E-state index in [0.717, 1.165) is 0 Å². The molecule has 0 aliphatic heterocycles. The number of nitrogens with one attached hydrogen (secondary N) is 2. The number of benzene rings is 2. The Balaban J connectivity index is 2.07. The Morgan fingerprint density at radius 1 is 1.00 bits per heavy atom. The molecular weight excluding hydrogens is 344 g/mol. The fourth-order valence-corrected chi connectivity index (χ4v) is 3.09. The molecule has 0 aromatic heterocycles. The average molecular weight is 364 g/mol. The van der Waals surface area contributed by atoms with E-state index in [0.29, 0.717) is 30.2 Å². The van der Waals surface area contributed by atoms with Crippen LogP contribution in [-0.4, -0.2) is 41.7 Å². The summed E-state index contributed by atoms with van der Waals surface area (Å²) >= 11 is 0. The SMILES string of the molecule is COCCNC(=O)c1ccc(S(=O)(=O)Nc2ccc(OC)cc2)cc1. The van der Waals surface area contributed by atoms with E-state index in [2.05, 4.69) is 10.0 Å². The van der Waals surface area contributed by atoms with Crippen molar-refractivity contribution in [3.8, 4) is 5.75 Å². The van der Waals surface area contributed by atoms with E-state index in [1.54, 1.807) is 31.4 Å². The molecule has 134 valence electrons. The van der Waals surface area contributed by atoms with Crippen molar-refractivity contribution in [3.05, 3.63) is 54.1 Å². The molecule has 0 aliphatic rings. The fraction of sp³-hybridized carbons (Fsp3) is 0.235. The number of anilines is 1. The molecule has 0 bridgehead atoms. The Morgan fingerprint density at radius 3 is 2.20 bits per heavy atom. The highest BCUT2D eigenvalue weighted by molar-refractivity contribution is 7.92. The summed E-state index contributed by atoms with van der Waals surface area (Å²) in [4.78, 5) is 12.0. The number of rotatable bonds is 8. The molecule has 2 aromatic rings. The van der Waals surface area contributed by atoms with E-state index in [4.69, 9.17) is 9.47 Å². The van der Waals surface area contributed by atoms with Crippen LogP contribution in [0.15, 0.2) is 53.4 Å².